The van der Waals surface area contributed by atoms with E-state index >= 15 is 0 Å². The minimum Gasteiger partial charge on any atom is -0.447 e. The van der Waals surface area contributed by atoms with E-state index in [1.54, 1.807) is 19.1 Å². The van der Waals surface area contributed by atoms with Gasteiger partial charge in [0.1, 0.15) is 17.9 Å². The predicted molar refractivity (Wildman–Crippen MR) is 117 cm³/mol. The zero-order chi connectivity index (χ0) is 22.6. The van der Waals surface area contributed by atoms with Crippen molar-refractivity contribution in [3.63, 3.8) is 0 Å². The number of carbonyl (C=O) groups excluding carboxylic acids is 2. The van der Waals surface area contributed by atoms with E-state index in [2.05, 4.69) is 15.2 Å². The zero-order valence-corrected chi connectivity index (χ0v) is 18.0. The molecule has 0 unspecified atom stereocenters. The first-order valence-electron chi connectivity index (χ1n) is 10.7. The lowest BCUT2D eigenvalue weighted by Gasteiger charge is -2.40. The fourth-order valence-electron chi connectivity index (χ4n) is 4.29. The van der Waals surface area contributed by atoms with Gasteiger partial charge in [-0.2, -0.15) is 0 Å². The summed E-state index contributed by atoms with van der Waals surface area (Å²) in [4.78, 5) is 31.4. The Labute approximate surface area is 186 Å². The molecule has 1 N–H and O–H groups in total. The van der Waals surface area contributed by atoms with E-state index in [-0.39, 0.29) is 29.7 Å². The Kier molecular flexibility index (Phi) is 6.46. The second-order valence-electron chi connectivity index (χ2n) is 8.22. The van der Waals surface area contributed by atoms with Crippen LogP contribution in [0.25, 0.3) is 0 Å². The van der Waals surface area contributed by atoms with Gasteiger partial charge in [-0.3, -0.25) is 14.5 Å². The number of carbonyl (C=O) groups is 2. The fourth-order valence-corrected chi connectivity index (χ4v) is 4.29. The number of amides is 1. The van der Waals surface area contributed by atoms with E-state index in [1.165, 1.54) is 18.4 Å². The largest absolute Gasteiger partial charge is 0.447 e. The van der Waals surface area contributed by atoms with Crippen LogP contribution in [0.3, 0.4) is 0 Å². The van der Waals surface area contributed by atoms with Crippen molar-refractivity contribution in [2.45, 2.75) is 38.3 Å². The van der Waals surface area contributed by atoms with Crippen LogP contribution in [0.2, 0.25) is 0 Å². The second-order valence-corrected chi connectivity index (χ2v) is 8.22. The molecule has 3 aromatic rings. The number of nitrogens with zero attached hydrogens (tertiary/aromatic N) is 2. The summed E-state index contributed by atoms with van der Waals surface area (Å²) in [6.07, 6.45) is 2.80. The predicted octanol–water partition coefficient (Wildman–Crippen LogP) is 3.87. The number of likely N-dealkylation sites (tertiary alicyclic amines) is 1. The maximum absolute atomic E-state index is 13.3. The Balaban J connectivity index is 1.33. The van der Waals surface area contributed by atoms with Crippen molar-refractivity contribution in [3.05, 3.63) is 89.4 Å². The summed E-state index contributed by atoms with van der Waals surface area (Å²) in [6.45, 7) is 3.82. The molecule has 0 aliphatic carbocycles. The smallest absolute Gasteiger partial charge is 0.273 e. The van der Waals surface area contributed by atoms with Gasteiger partial charge >= 0.3 is 0 Å². The van der Waals surface area contributed by atoms with Gasteiger partial charge in [0.2, 0.25) is 5.89 Å². The van der Waals surface area contributed by atoms with Gasteiger partial charge < -0.3 is 9.73 Å². The first-order chi connectivity index (χ1) is 15.5. The molecule has 7 heteroatoms. The van der Waals surface area contributed by atoms with Crippen molar-refractivity contribution in [1.82, 2.24) is 15.2 Å². The number of halogens is 1. The number of oxazole rings is 1. The summed E-state index contributed by atoms with van der Waals surface area (Å²) >= 11 is 0. The maximum atomic E-state index is 13.3. The molecular weight excluding hydrogens is 409 g/mol. The van der Waals surface area contributed by atoms with Crippen LogP contribution in [0.15, 0.2) is 65.3 Å². The van der Waals surface area contributed by atoms with Gasteiger partial charge in [-0.1, -0.05) is 42.5 Å². The van der Waals surface area contributed by atoms with Crippen LogP contribution in [0.5, 0.6) is 0 Å². The summed E-state index contributed by atoms with van der Waals surface area (Å²) in [5.74, 6) is -0.0710. The summed E-state index contributed by atoms with van der Waals surface area (Å²) < 4.78 is 18.8. The van der Waals surface area contributed by atoms with E-state index in [1.807, 2.05) is 30.3 Å². The quantitative estimate of drug-likeness (QED) is 0.610. The van der Waals surface area contributed by atoms with Crippen LogP contribution in [0.4, 0.5) is 4.39 Å². The van der Waals surface area contributed by atoms with E-state index in [9.17, 15) is 14.0 Å². The lowest BCUT2D eigenvalue weighted by Crippen LogP contribution is -2.46. The molecule has 0 atom stereocenters. The third-order valence-electron chi connectivity index (χ3n) is 6.20. The van der Waals surface area contributed by atoms with E-state index in [0.717, 1.165) is 31.5 Å². The zero-order valence-electron chi connectivity index (χ0n) is 18.0. The second kappa shape index (κ2) is 9.44. The van der Waals surface area contributed by atoms with Crippen LogP contribution < -0.4 is 5.32 Å². The Morgan fingerprint density at radius 2 is 1.88 bits per heavy atom. The molecule has 1 saturated heterocycles. The molecule has 0 saturated carbocycles. The van der Waals surface area contributed by atoms with Gasteiger partial charge in [-0.15, -0.1) is 0 Å². The Bertz CT molecular complexity index is 1090. The molecule has 1 aromatic heterocycles. The number of benzene rings is 2. The summed E-state index contributed by atoms with van der Waals surface area (Å²) in [5, 5.41) is 2.72. The molecule has 1 aliphatic rings. The Morgan fingerprint density at radius 3 is 2.56 bits per heavy atom. The molecule has 2 heterocycles. The highest BCUT2D eigenvalue weighted by Gasteiger charge is 2.40. The molecule has 2 aromatic carbocycles. The highest BCUT2D eigenvalue weighted by molar-refractivity contribution is 5.91. The lowest BCUT2D eigenvalue weighted by molar-refractivity contribution is -0.124. The van der Waals surface area contributed by atoms with Crippen molar-refractivity contribution in [3.8, 4) is 0 Å². The molecule has 1 amide bonds. The molecule has 0 spiro atoms. The van der Waals surface area contributed by atoms with Crippen molar-refractivity contribution < 1.29 is 18.4 Å². The van der Waals surface area contributed by atoms with Gasteiger partial charge in [0.25, 0.3) is 5.91 Å². The Morgan fingerprint density at radius 1 is 1.12 bits per heavy atom. The molecule has 4 rings (SSSR count). The number of aromatic nitrogens is 1. The number of hydrogen-bond acceptors (Lipinski definition) is 5. The van der Waals surface area contributed by atoms with Crippen molar-refractivity contribution in [1.29, 1.82) is 0 Å². The standard InChI is InChI=1S/C25H26FN3O3/c1-18(30)25(20-7-3-2-4-8-20)10-12-29(13-11-25)16-23-28-22(17-32-23)24(31)27-15-19-6-5-9-21(26)14-19/h2-9,14,17H,10-13,15-16H2,1H3,(H,27,31). The number of piperidine rings is 1. The van der Waals surface area contributed by atoms with Gasteiger partial charge in [-0.05, 0) is 56.1 Å². The molecule has 1 fully saturated rings. The molecular formula is C25H26FN3O3. The average molecular weight is 435 g/mol. The first kappa shape index (κ1) is 21.9. The Hall–Kier alpha value is -3.32. The number of rotatable bonds is 7. The SMILES string of the molecule is CC(=O)C1(c2ccccc2)CCN(Cc2nc(C(=O)NCc3cccc(F)c3)co2)CC1. The molecule has 1 aliphatic heterocycles. The summed E-state index contributed by atoms with van der Waals surface area (Å²) in [6, 6.07) is 16.0. The number of Topliss-reactive ketones (excluding diaryl/α,β-unsaturated/α-hetero) is 1. The molecule has 32 heavy (non-hydrogen) atoms. The van der Waals surface area contributed by atoms with Crippen LogP contribution in [-0.2, 0) is 23.3 Å². The normalized spacial score (nSPS) is 15.9. The van der Waals surface area contributed by atoms with E-state index < -0.39 is 5.41 Å². The molecule has 6 nitrogen and oxygen atoms in total. The highest BCUT2D eigenvalue weighted by atomic mass is 19.1. The first-order valence-corrected chi connectivity index (χ1v) is 10.7. The highest BCUT2D eigenvalue weighted by Crippen LogP contribution is 2.36. The van der Waals surface area contributed by atoms with Crippen LogP contribution >= 0.6 is 0 Å². The van der Waals surface area contributed by atoms with Gasteiger partial charge in [-0.25, -0.2) is 9.37 Å². The van der Waals surface area contributed by atoms with Gasteiger partial charge in [0.15, 0.2) is 5.69 Å². The third-order valence-corrected chi connectivity index (χ3v) is 6.20. The van der Waals surface area contributed by atoms with Crippen LogP contribution in [-0.4, -0.2) is 34.7 Å². The van der Waals surface area contributed by atoms with Crippen molar-refractivity contribution in [2.75, 3.05) is 13.1 Å². The average Bonchev–Trinajstić information content (AvgIpc) is 3.27. The van der Waals surface area contributed by atoms with Crippen LogP contribution in [0, 0.1) is 5.82 Å². The molecule has 0 radical (unpaired) electrons. The number of hydrogen-bond donors (Lipinski definition) is 1. The minimum absolute atomic E-state index is 0.191. The maximum Gasteiger partial charge on any atom is 0.273 e. The minimum atomic E-state index is -0.448. The molecule has 0 bridgehead atoms. The van der Waals surface area contributed by atoms with E-state index in [0.29, 0.717) is 18.0 Å². The van der Waals surface area contributed by atoms with Crippen molar-refractivity contribution >= 4 is 11.7 Å². The summed E-state index contributed by atoms with van der Waals surface area (Å²) in [7, 11) is 0. The van der Waals surface area contributed by atoms with Crippen LogP contribution in [0.1, 0.15) is 47.3 Å². The van der Waals surface area contributed by atoms with Crippen molar-refractivity contribution in [2.24, 2.45) is 0 Å². The third kappa shape index (κ3) is 4.78. The summed E-state index contributed by atoms with van der Waals surface area (Å²) in [5.41, 5.74) is 1.48. The van der Waals surface area contributed by atoms with E-state index in [4.69, 9.17) is 4.42 Å². The van der Waals surface area contributed by atoms with Gasteiger partial charge in [0.05, 0.1) is 12.0 Å². The fraction of sp³-hybridized carbons (Fsp3) is 0.320. The molecule has 166 valence electrons. The monoisotopic (exact) mass is 435 g/mol. The van der Waals surface area contributed by atoms with Gasteiger partial charge in [0, 0.05) is 6.54 Å². The lowest BCUT2D eigenvalue weighted by atomic mass is 9.70. The number of ketones is 1. The number of nitrogens with one attached hydrogen (secondary N) is 1. The topological polar surface area (TPSA) is 75.4 Å².